The summed E-state index contributed by atoms with van der Waals surface area (Å²) in [5, 5.41) is 14.1. The number of aromatic nitrogens is 2. The van der Waals surface area contributed by atoms with Gasteiger partial charge in [-0.15, -0.1) is 0 Å². The third-order valence-electron chi connectivity index (χ3n) is 2.69. The maximum Gasteiger partial charge on any atom is 0.275 e. The Kier molecular flexibility index (Phi) is 5.03. The van der Waals surface area contributed by atoms with Gasteiger partial charge < -0.3 is 10.1 Å². The average molecular weight is 288 g/mol. The Labute approximate surface area is 122 Å². The molecule has 0 aliphatic rings. The van der Waals surface area contributed by atoms with Crippen molar-refractivity contribution in [3.8, 4) is 5.75 Å². The smallest absolute Gasteiger partial charge is 0.275 e. The van der Waals surface area contributed by atoms with E-state index >= 15 is 0 Å². The van der Waals surface area contributed by atoms with Crippen LogP contribution in [0.4, 0.5) is 11.4 Å². The zero-order valence-electron chi connectivity index (χ0n) is 11.7. The Bertz CT molecular complexity index is 604. The van der Waals surface area contributed by atoms with Crippen molar-refractivity contribution in [3.05, 3.63) is 52.6 Å². The van der Waals surface area contributed by atoms with Crippen LogP contribution in [0.25, 0.3) is 0 Å². The lowest BCUT2D eigenvalue weighted by molar-refractivity contribution is -0.384. The Hall–Kier alpha value is -2.70. The summed E-state index contributed by atoms with van der Waals surface area (Å²) in [6.45, 7) is 2.95. The fourth-order valence-corrected chi connectivity index (χ4v) is 1.71. The van der Waals surface area contributed by atoms with Crippen LogP contribution in [0.15, 0.2) is 36.8 Å². The van der Waals surface area contributed by atoms with Gasteiger partial charge in [-0.3, -0.25) is 10.1 Å². The lowest BCUT2D eigenvalue weighted by Gasteiger charge is -2.09. The van der Waals surface area contributed by atoms with E-state index in [4.69, 9.17) is 4.74 Å². The van der Waals surface area contributed by atoms with Gasteiger partial charge in [-0.25, -0.2) is 9.97 Å². The lowest BCUT2D eigenvalue weighted by Crippen LogP contribution is -2.03. The molecule has 0 saturated heterocycles. The molecule has 1 heterocycles. The highest BCUT2D eigenvalue weighted by Gasteiger charge is 2.10. The van der Waals surface area contributed by atoms with Gasteiger partial charge in [0.2, 0.25) is 0 Å². The highest BCUT2D eigenvalue weighted by molar-refractivity contribution is 5.56. The highest BCUT2D eigenvalue weighted by Crippen LogP contribution is 2.26. The van der Waals surface area contributed by atoms with Crippen molar-refractivity contribution in [2.75, 3.05) is 11.9 Å². The first kappa shape index (κ1) is 14.7. The summed E-state index contributed by atoms with van der Waals surface area (Å²) in [5.74, 6) is 0.483. The number of nitrogens with zero attached hydrogens (tertiary/aromatic N) is 3. The molecule has 0 spiro atoms. The van der Waals surface area contributed by atoms with Gasteiger partial charge in [0.15, 0.2) is 0 Å². The predicted molar refractivity (Wildman–Crippen MR) is 78.2 cm³/mol. The zero-order valence-corrected chi connectivity index (χ0v) is 11.7. The highest BCUT2D eigenvalue weighted by atomic mass is 16.6. The van der Waals surface area contributed by atoms with Gasteiger partial charge in [-0.05, 0) is 12.5 Å². The Balaban J connectivity index is 2.13. The van der Waals surface area contributed by atoms with Crippen molar-refractivity contribution in [2.45, 2.75) is 19.9 Å². The van der Waals surface area contributed by atoms with Crippen LogP contribution in [0, 0.1) is 10.1 Å². The van der Waals surface area contributed by atoms with Gasteiger partial charge in [0, 0.05) is 24.0 Å². The minimum absolute atomic E-state index is 0.00575. The van der Waals surface area contributed by atoms with E-state index < -0.39 is 4.92 Å². The molecule has 0 radical (unpaired) electrons. The number of nitro benzene ring substituents is 1. The van der Waals surface area contributed by atoms with E-state index in [9.17, 15) is 10.1 Å². The van der Waals surface area contributed by atoms with E-state index in [2.05, 4.69) is 15.3 Å². The second-order valence-electron chi connectivity index (χ2n) is 4.38. The van der Waals surface area contributed by atoms with Gasteiger partial charge in [0.1, 0.15) is 12.1 Å². The zero-order chi connectivity index (χ0) is 15.1. The molecule has 2 rings (SSSR count). The first-order chi connectivity index (χ1) is 10.2. The molecule has 2 aromatic rings. The molecule has 0 saturated carbocycles. The van der Waals surface area contributed by atoms with E-state index in [-0.39, 0.29) is 5.69 Å². The van der Waals surface area contributed by atoms with Gasteiger partial charge in [0.05, 0.1) is 29.8 Å². The monoisotopic (exact) mass is 288 g/mol. The molecule has 0 amide bonds. The van der Waals surface area contributed by atoms with Gasteiger partial charge in [0.25, 0.3) is 5.69 Å². The van der Waals surface area contributed by atoms with Crippen LogP contribution in [-0.2, 0) is 6.54 Å². The molecule has 7 nitrogen and oxygen atoms in total. The maximum atomic E-state index is 11.0. The summed E-state index contributed by atoms with van der Waals surface area (Å²) in [4.78, 5) is 18.4. The van der Waals surface area contributed by atoms with E-state index in [0.717, 1.165) is 12.1 Å². The van der Waals surface area contributed by atoms with Crippen LogP contribution in [0.5, 0.6) is 5.75 Å². The number of benzene rings is 1. The standard InChI is InChI=1S/C14H16N4O3/c1-2-5-21-14-7-12(6-13(8-14)18(19)20)16-9-11-3-4-15-10-17-11/h3-4,6-8,10,16H,2,5,9H2,1H3. The number of nitro groups is 1. The van der Waals surface area contributed by atoms with Crippen LogP contribution < -0.4 is 10.1 Å². The molecule has 1 N–H and O–H groups in total. The normalized spacial score (nSPS) is 10.1. The first-order valence-corrected chi connectivity index (χ1v) is 6.60. The minimum atomic E-state index is -0.436. The summed E-state index contributed by atoms with van der Waals surface area (Å²) in [7, 11) is 0. The van der Waals surface area contributed by atoms with Gasteiger partial charge >= 0.3 is 0 Å². The number of rotatable bonds is 7. The summed E-state index contributed by atoms with van der Waals surface area (Å²) < 4.78 is 5.47. The number of anilines is 1. The molecule has 0 aliphatic heterocycles. The third-order valence-corrected chi connectivity index (χ3v) is 2.69. The van der Waals surface area contributed by atoms with Crippen LogP contribution in [0.3, 0.4) is 0 Å². The van der Waals surface area contributed by atoms with Crippen molar-refractivity contribution < 1.29 is 9.66 Å². The van der Waals surface area contributed by atoms with Gasteiger partial charge in [-0.2, -0.15) is 0 Å². The molecule has 7 heteroatoms. The Morgan fingerprint density at radius 2 is 2.24 bits per heavy atom. The number of hydrogen-bond acceptors (Lipinski definition) is 6. The number of non-ortho nitro benzene ring substituents is 1. The van der Waals surface area contributed by atoms with Crippen molar-refractivity contribution in [1.29, 1.82) is 0 Å². The molecule has 0 unspecified atom stereocenters. The van der Waals surface area contributed by atoms with E-state index in [0.29, 0.717) is 24.6 Å². The SMILES string of the molecule is CCCOc1cc(NCc2ccncn2)cc([N+](=O)[O-])c1. The Morgan fingerprint density at radius 3 is 2.90 bits per heavy atom. The molecular formula is C14H16N4O3. The molecule has 1 aromatic carbocycles. The number of ether oxygens (including phenoxy) is 1. The largest absolute Gasteiger partial charge is 0.493 e. The van der Waals surface area contributed by atoms with Crippen molar-refractivity contribution in [3.63, 3.8) is 0 Å². The van der Waals surface area contributed by atoms with E-state index in [1.807, 2.05) is 6.92 Å². The number of nitrogens with one attached hydrogen (secondary N) is 1. The summed E-state index contributed by atoms with van der Waals surface area (Å²) in [6, 6.07) is 6.41. The molecule has 21 heavy (non-hydrogen) atoms. The van der Waals surface area contributed by atoms with Crippen molar-refractivity contribution in [2.24, 2.45) is 0 Å². The molecule has 0 aliphatic carbocycles. The summed E-state index contributed by atoms with van der Waals surface area (Å²) >= 11 is 0. The fraction of sp³-hybridized carbons (Fsp3) is 0.286. The second kappa shape index (κ2) is 7.18. The van der Waals surface area contributed by atoms with Crippen LogP contribution in [-0.4, -0.2) is 21.5 Å². The van der Waals surface area contributed by atoms with Crippen LogP contribution in [0.2, 0.25) is 0 Å². The third kappa shape index (κ3) is 4.41. The lowest BCUT2D eigenvalue weighted by atomic mass is 10.2. The molecule has 0 bridgehead atoms. The molecule has 110 valence electrons. The Morgan fingerprint density at radius 1 is 1.38 bits per heavy atom. The summed E-state index contributed by atoms with van der Waals surface area (Å²) in [6.07, 6.45) is 3.94. The maximum absolute atomic E-state index is 11.0. The molecule has 0 fully saturated rings. The second-order valence-corrected chi connectivity index (χ2v) is 4.38. The van der Waals surface area contributed by atoms with E-state index in [1.54, 1.807) is 18.3 Å². The van der Waals surface area contributed by atoms with Crippen molar-refractivity contribution >= 4 is 11.4 Å². The molecule has 0 atom stereocenters. The summed E-state index contributed by atoms with van der Waals surface area (Å²) in [5.41, 5.74) is 1.41. The molecular weight excluding hydrogens is 272 g/mol. The van der Waals surface area contributed by atoms with E-state index in [1.165, 1.54) is 18.5 Å². The van der Waals surface area contributed by atoms with Crippen LogP contribution in [0.1, 0.15) is 19.0 Å². The van der Waals surface area contributed by atoms with Gasteiger partial charge in [-0.1, -0.05) is 6.92 Å². The average Bonchev–Trinajstić information content (AvgIpc) is 2.51. The quantitative estimate of drug-likeness (QED) is 0.622. The number of hydrogen-bond donors (Lipinski definition) is 1. The van der Waals surface area contributed by atoms with Crippen LogP contribution >= 0.6 is 0 Å². The molecule has 1 aromatic heterocycles. The fourth-order valence-electron chi connectivity index (χ4n) is 1.71. The predicted octanol–water partition coefficient (Wildman–Crippen LogP) is 2.79. The first-order valence-electron chi connectivity index (χ1n) is 6.60. The van der Waals surface area contributed by atoms with Crippen molar-refractivity contribution in [1.82, 2.24) is 9.97 Å². The topological polar surface area (TPSA) is 90.2 Å². The minimum Gasteiger partial charge on any atom is -0.493 e.